The quantitative estimate of drug-likeness (QED) is 0.701. The zero-order chi connectivity index (χ0) is 19.4. The number of nitrogens with one attached hydrogen (secondary N) is 3. The van der Waals surface area contributed by atoms with E-state index in [1.807, 2.05) is 13.0 Å². The summed E-state index contributed by atoms with van der Waals surface area (Å²) in [6.45, 7) is 1.33. The number of aryl methyl sites for hydroxylation is 1. The van der Waals surface area contributed by atoms with E-state index >= 15 is 0 Å². The lowest BCUT2D eigenvalue weighted by atomic mass is 10.1. The Hall–Kier alpha value is -3.68. The SMILES string of the molecule is Cc1ccc(NC(=O)c2ccccc2)c(NC(=O)CN2C(=O)CNC2=O)c1. The molecular weight excluding hydrogens is 348 g/mol. The zero-order valence-electron chi connectivity index (χ0n) is 14.6. The van der Waals surface area contributed by atoms with Crippen molar-refractivity contribution in [1.82, 2.24) is 10.2 Å². The van der Waals surface area contributed by atoms with Gasteiger partial charge >= 0.3 is 6.03 Å². The molecule has 1 aliphatic rings. The maximum absolute atomic E-state index is 12.4. The summed E-state index contributed by atoms with van der Waals surface area (Å²) in [5.41, 5.74) is 2.16. The standard InChI is InChI=1S/C19H18N4O4/c1-12-7-8-14(22-18(26)13-5-3-2-4-6-13)15(9-12)21-16(24)11-23-17(25)10-20-19(23)27/h2-9H,10-11H2,1H3,(H,20,27)(H,21,24)(H,22,26). The summed E-state index contributed by atoms with van der Waals surface area (Å²) < 4.78 is 0. The molecule has 0 unspecified atom stereocenters. The molecule has 1 aliphatic heterocycles. The monoisotopic (exact) mass is 366 g/mol. The van der Waals surface area contributed by atoms with Crippen LogP contribution in [0.3, 0.4) is 0 Å². The second-order valence-corrected chi connectivity index (χ2v) is 6.06. The van der Waals surface area contributed by atoms with Crippen molar-refractivity contribution in [2.75, 3.05) is 23.7 Å². The summed E-state index contributed by atoms with van der Waals surface area (Å²) in [7, 11) is 0. The molecule has 1 saturated heterocycles. The Bertz CT molecular complexity index is 895. The van der Waals surface area contributed by atoms with Gasteiger partial charge in [0.2, 0.25) is 5.91 Å². The Morgan fingerprint density at radius 3 is 2.44 bits per heavy atom. The molecule has 8 nitrogen and oxygen atoms in total. The van der Waals surface area contributed by atoms with Gasteiger partial charge < -0.3 is 16.0 Å². The molecule has 0 spiro atoms. The zero-order valence-corrected chi connectivity index (χ0v) is 14.6. The summed E-state index contributed by atoms with van der Waals surface area (Å²) >= 11 is 0. The molecule has 5 amide bonds. The van der Waals surface area contributed by atoms with Crippen molar-refractivity contribution in [2.45, 2.75) is 6.92 Å². The molecule has 0 bridgehead atoms. The molecule has 27 heavy (non-hydrogen) atoms. The fourth-order valence-electron chi connectivity index (χ4n) is 2.60. The number of nitrogens with zero attached hydrogens (tertiary/aromatic N) is 1. The van der Waals surface area contributed by atoms with Crippen LogP contribution in [0.1, 0.15) is 15.9 Å². The van der Waals surface area contributed by atoms with E-state index in [4.69, 9.17) is 0 Å². The van der Waals surface area contributed by atoms with E-state index in [0.29, 0.717) is 16.9 Å². The number of hydrogen-bond donors (Lipinski definition) is 3. The number of hydrogen-bond acceptors (Lipinski definition) is 4. The van der Waals surface area contributed by atoms with Crippen LogP contribution in [0.5, 0.6) is 0 Å². The molecule has 0 radical (unpaired) electrons. The third-order valence-electron chi connectivity index (χ3n) is 3.97. The smallest absolute Gasteiger partial charge is 0.325 e. The van der Waals surface area contributed by atoms with Crippen LogP contribution < -0.4 is 16.0 Å². The first-order valence-electron chi connectivity index (χ1n) is 8.29. The summed E-state index contributed by atoms with van der Waals surface area (Å²) in [6, 6.07) is 13.3. The van der Waals surface area contributed by atoms with E-state index in [-0.39, 0.29) is 12.5 Å². The number of carbonyl (C=O) groups excluding carboxylic acids is 4. The molecule has 1 heterocycles. The van der Waals surface area contributed by atoms with Crippen LogP contribution in [0.15, 0.2) is 48.5 Å². The Morgan fingerprint density at radius 2 is 1.78 bits per heavy atom. The summed E-state index contributed by atoms with van der Waals surface area (Å²) in [4.78, 5) is 48.6. The van der Waals surface area contributed by atoms with Gasteiger partial charge in [-0.15, -0.1) is 0 Å². The van der Waals surface area contributed by atoms with Crippen molar-refractivity contribution in [3.05, 3.63) is 59.7 Å². The number of anilines is 2. The normalized spacial score (nSPS) is 13.3. The molecule has 1 fully saturated rings. The highest BCUT2D eigenvalue weighted by atomic mass is 16.2. The number of benzene rings is 2. The minimum Gasteiger partial charge on any atom is -0.329 e. The van der Waals surface area contributed by atoms with Crippen LogP contribution in [0.2, 0.25) is 0 Å². The van der Waals surface area contributed by atoms with Gasteiger partial charge in [0.1, 0.15) is 6.54 Å². The molecule has 8 heteroatoms. The van der Waals surface area contributed by atoms with Crippen LogP contribution in [-0.2, 0) is 9.59 Å². The molecule has 0 atom stereocenters. The molecule has 3 rings (SSSR count). The van der Waals surface area contributed by atoms with Gasteiger partial charge in [-0.3, -0.25) is 19.3 Å². The molecule has 0 aliphatic carbocycles. The second-order valence-electron chi connectivity index (χ2n) is 6.06. The van der Waals surface area contributed by atoms with Crippen LogP contribution >= 0.6 is 0 Å². The molecule has 0 aromatic heterocycles. The van der Waals surface area contributed by atoms with Gasteiger partial charge in [-0.1, -0.05) is 24.3 Å². The lowest BCUT2D eigenvalue weighted by Gasteiger charge is -2.15. The van der Waals surface area contributed by atoms with E-state index in [0.717, 1.165) is 10.5 Å². The van der Waals surface area contributed by atoms with Crippen LogP contribution in [0.4, 0.5) is 16.2 Å². The number of rotatable bonds is 5. The average molecular weight is 366 g/mol. The minimum atomic E-state index is -0.600. The predicted molar refractivity (Wildman–Crippen MR) is 99.3 cm³/mol. The van der Waals surface area contributed by atoms with Crippen molar-refractivity contribution in [2.24, 2.45) is 0 Å². The maximum atomic E-state index is 12.4. The van der Waals surface area contributed by atoms with E-state index < -0.39 is 24.4 Å². The lowest BCUT2D eigenvalue weighted by Crippen LogP contribution is -2.38. The molecule has 138 valence electrons. The molecular formula is C19H18N4O4. The summed E-state index contributed by atoms with van der Waals surface area (Å²) in [6.07, 6.45) is 0. The minimum absolute atomic E-state index is 0.116. The van der Waals surface area contributed by atoms with Gasteiger partial charge in [-0.05, 0) is 36.8 Å². The number of carbonyl (C=O) groups is 4. The van der Waals surface area contributed by atoms with Crippen molar-refractivity contribution < 1.29 is 19.2 Å². The fourth-order valence-corrected chi connectivity index (χ4v) is 2.60. The van der Waals surface area contributed by atoms with Gasteiger partial charge in [0, 0.05) is 5.56 Å². The predicted octanol–water partition coefficient (Wildman–Crippen LogP) is 1.74. The Kier molecular flexibility index (Phi) is 5.16. The van der Waals surface area contributed by atoms with E-state index in [2.05, 4.69) is 16.0 Å². The van der Waals surface area contributed by atoms with Crippen molar-refractivity contribution >= 4 is 35.1 Å². The summed E-state index contributed by atoms with van der Waals surface area (Å²) in [5, 5.41) is 7.76. The second kappa shape index (κ2) is 7.69. The lowest BCUT2D eigenvalue weighted by molar-refractivity contribution is -0.128. The van der Waals surface area contributed by atoms with Gasteiger partial charge in [-0.25, -0.2) is 4.79 Å². The highest BCUT2D eigenvalue weighted by Crippen LogP contribution is 2.24. The Labute approximate surface area is 155 Å². The van der Waals surface area contributed by atoms with Crippen molar-refractivity contribution in [1.29, 1.82) is 0 Å². The molecule has 2 aromatic rings. The van der Waals surface area contributed by atoms with Crippen LogP contribution in [0, 0.1) is 6.92 Å². The third kappa shape index (κ3) is 4.30. The average Bonchev–Trinajstić information content (AvgIpc) is 2.96. The topological polar surface area (TPSA) is 108 Å². The van der Waals surface area contributed by atoms with Gasteiger partial charge in [0.05, 0.1) is 17.9 Å². The first-order valence-corrected chi connectivity index (χ1v) is 8.29. The molecule has 3 N–H and O–H groups in total. The fraction of sp³-hybridized carbons (Fsp3) is 0.158. The highest BCUT2D eigenvalue weighted by Gasteiger charge is 2.30. The van der Waals surface area contributed by atoms with Crippen LogP contribution in [0.25, 0.3) is 0 Å². The van der Waals surface area contributed by atoms with E-state index in [9.17, 15) is 19.2 Å². The first kappa shape index (κ1) is 18.1. The molecule has 0 saturated carbocycles. The number of urea groups is 1. The largest absolute Gasteiger partial charge is 0.329 e. The van der Waals surface area contributed by atoms with Crippen molar-refractivity contribution in [3.8, 4) is 0 Å². The van der Waals surface area contributed by atoms with E-state index in [1.165, 1.54) is 0 Å². The van der Waals surface area contributed by atoms with Gasteiger partial charge in [0.25, 0.3) is 11.8 Å². The number of imide groups is 1. The van der Waals surface area contributed by atoms with Crippen molar-refractivity contribution in [3.63, 3.8) is 0 Å². The Balaban J connectivity index is 1.74. The third-order valence-corrected chi connectivity index (χ3v) is 3.97. The number of amides is 5. The first-order chi connectivity index (χ1) is 12.9. The molecule has 2 aromatic carbocycles. The van der Waals surface area contributed by atoms with Crippen LogP contribution in [-0.4, -0.2) is 41.7 Å². The van der Waals surface area contributed by atoms with Gasteiger partial charge in [0.15, 0.2) is 0 Å². The Morgan fingerprint density at radius 1 is 1.04 bits per heavy atom. The van der Waals surface area contributed by atoms with Gasteiger partial charge in [-0.2, -0.15) is 0 Å². The highest BCUT2D eigenvalue weighted by molar-refractivity contribution is 6.09. The summed E-state index contributed by atoms with van der Waals surface area (Å²) in [5.74, 6) is -1.32. The van der Waals surface area contributed by atoms with E-state index in [1.54, 1.807) is 42.5 Å². The maximum Gasteiger partial charge on any atom is 0.325 e.